The number of aryl methyl sites for hydroxylation is 1. The van der Waals surface area contributed by atoms with Crippen LogP contribution in [-0.4, -0.2) is 22.1 Å². The van der Waals surface area contributed by atoms with E-state index < -0.39 is 0 Å². The van der Waals surface area contributed by atoms with Crippen molar-refractivity contribution in [2.75, 3.05) is 11.4 Å². The van der Waals surface area contributed by atoms with E-state index in [2.05, 4.69) is 52.7 Å². The molecule has 112 valence electrons. The lowest BCUT2D eigenvalue weighted by Gasteiger charge is -2.31. The maximum atomic E-state index is 6.06. The van der Waals surface area contributed by atoms with Gasteiger partial charge in [-0.3, -0.25) is 0 Å². The van der Waals surface area contributed by atoms with Gasteiger partial charge in [0.05, 0.1) is 6.54 Å². The molecule has 4 nitrogen and oxygen atoms in total. The molecular formula is C17H24N4. The summed E-state index contributed by atoms with van der Waals surface area (Å²) in [6, 6.07) is 7.01. The molecule has 1 atom stereocenters. The van der Waals surface area contributed by atoms with Crippen molar-refractivity contribution in [3.05, 3.63) is 47.5 Å². The molecule has 0 saturated heterocycles. The summed E-state index contributed by atoms with van der Waals surface area (Å²) in [6.07, 6.45) is 5.94. The number of aromatic nitrogens is 2. The zero-order valence-corrected chi connectivity index (χ0v) is 12.9. The number of nitrogens with two attached hydrogens (primary N) is 1. The molecule has 0 spiro atoms. The number of fused-ring (bicyclic) bond motifs is 1. The number of nitrogens with zero attached hydrogens (tertiary/aromatic N) is 3. The predicted molar refractivity (Wildman–Crippen MR) is 86.4 cm³/mol. The topological polar surface area (TPSA) is 47.1 Å². The molecule has 0 saturated carbocycles. The highest BCUT2D eigenvalue weighted by molar-refractivity contribution is 5.55. The summed E-state index contributed by atoms with van der Waals surface area (Å²) in [5.74, 6) is 1.15. The minimum atomic E-state index is 0.262. The van der Waals surface area contributed by atoms with E-state index >= 15 is 0 Å². The first-order valence-electron chi connectivity index (χ1n) is 7.77. The normalized spacial score (nSPS) is 15.9. The molecule has 3 rings (SSSR count). The third kappa shape index (κ3) is 2.95. The standard InChI is InChI=1S/C17H24N4/c1-3-15(18)11-14-4-5-16(13(2)10-14)21-9-8-20-7-6-19-17(20)12-21/h4-7,10,15H,3,8-9,11-12,18H2,1-2H3. The quantitative estimate of drug-likeness (QED) is 0.938. The van der Waals surface area contributed by atoms with Crippen molar-refractivity contribution < 1.29 is 0 Å². The highest BCUT2D eigenvalue weighted by atomic mass is 15.2. The molecule has 2 N–H and O–H groups in total. The van der Waals surface area contributed by atoms with Crippen molar-refractivity contribution in [3.63, 3.8) is 0 Å². The van der Waals surface area contributed by atoms with E-state index in [1.54, 1.807) is 0 Å². The number of benzene rings is 1. The summed E-state index contributed by atoms with van der Waals surface area (Å²) in [5, 5.41) is 0. The van der Waals surface area contributed by atoms with Crippen LogP contribution < -0.4 is 10.6 Å². The molecule has 1 unspecified atom stereocenters. The average Bonchev–Trinajstić information content (AvgIpc) is 2.94. The molecule has 0 fully saturated rings. The summed E-state index contributed by atoms with van der Waals surface area (Å²) >= 11 is 0. The van der Waals surface area contributed by atoms with Gasteiger partial charge < -0.3 is 15.2 Å². The largest absolute Gasteiger partial charge is 0.362 e. The third-order valence-corrected chi connectivity index (χ3v) is 4.37. The number of hydrogen-bond acceptors (Lipinski definition) is 3. The Morgan fingerprint density at radius 1 is 1.33 bits per heavy atom. The van der Waals surface area contributed by atoms with E-state index in [4.69, 9.17) is 5.73 Å². The van der Waals surface area contributed by atoms with Crippen LogP contribution in [0, 0.1) is 6.92 Å². The van der Waals surface area contributed by atoms with E-state index in [9.17, 15) is 0 Å². The molecule has 0 radical (unpaired) electrons. The summed E-state index contributed by atoms with van der Waals surface area (Å²) in [7, 11) is 0. The van der Waals surface area contributed by atoms with Gasteiger partial charge in [0, 0.05) is 37.2 Å². The van der Waals surface area contributed by atoms with Gasteiger partial charge >= 0.3 is 0 Å². The van der Waals surface area contributed by atoms with Crippen molar-refractivity contribution in [2.45, 2.75) is 45.8 Å². The van der Waals surface area contributed by atoms with E-state index in [1.807, 2.05) is 6.20 Å². The highest BCUT2D eigenvalue weighted by Crippen LogP contribution is 2.25. The van der Waals surface area contributed by atoms with Crippen LogP contribution in [0.1, 0.15) is 30.3 Å². The Hall–Kier alpha value is -1.81. The van der Waals surface area contributed by atoms with Gasteiger partial charge in [0.2, 0.25) is 0 Å². The molecule has 21 heavy (non-hydrogen) atoms. The van der Waals surface area contributed by atoms with Gasteiger partial charge in [-0.15, -0.1) is 0 Å². The maximum Gasteiger partial charge on any atom is 0.128 e. The minimum absolute atomic E-state index is 0.262. The summed E-state index contributed by atoms with van der Waals surface area (Å²) in [5.41, 5.74) is 10.0. The van der Waals surface area contributed by atoms with Crippen molar-refractivity contribution in [2.24, 2.45) is 5.73 Å². The number of anilines is 1. The highest BCUT2D eigenvalue weighted by Gasteiger charge is 2.18. The lowest BCUT2D eigenvalue weighted by Crippen LogP contribution is -2.34. The first-order valence-corrected chi connectivity index (χ1v) is 7.77. The zero-order valence-electron chi connectivity index (χ0n) is 12.9. The summed E-state index contributed by atoms with van der Waals surface area (Å²) in [4.78, 5) is 6.85. The molecule has 1 aliphatic rings. The van der Waals surface area contributed by atoms with Crippen molar-refractivity contribution in [3.8, 4) is 0 Å². The first-order chi connectivity index (χ1) is 10.2. The van der Waals surface area contributed by atoms with E-state index in [1.165, 1.54) is 16.8 Å². The Balaban J connectivity index is 1.77. The molecule has 2 heterocycles. The van der Waals surface area contributed by atoms with Crippen molar-refractivity contribution in [1.82, 2.24) is 9.55 Å². The molecule has 1 aliphatic heterocycles. The van der Waals surface area contributed by atoms with Gasteiger partial charge in [0.15, 0.2) is 0 Å². The molecule has 0 aliphatic carbocycles. The second kappa shape index (κ2) is 5.90. The van der Waals surface area contributed by atoms with Crippen LogP contribution in [0.4, 0.5) is 5.69 Å². The number of imidazole rings is 1. The number of hydrogen-bond donors (Lipinski definition) is 1. The first kappa shape index (κ1) is 14.1. The summed E-state index contributed by atoms with van der Waals surface area (Å²) in [6.45, 7) is 7.27. The molecule has 2 aromatic rings. The van der Waals surface area contributed by atoms with Crippen LogP contribution in [0.3, 0.4) is 0 Å². The van der Waals surface area contributed by atoms with Crippen LogP contribution in [0.5, 0.6) is 0 Å². The molecule has 1 aromatic carbocycles. The second-order valence-corrected chi connectivity index (χ2v) is 5.95. The molecule has 4 heteroatoms. The van der Waals surface area contributed by atoms with Crippen LogP contribution in [-0.2, 0) is 19.5 Å². The minimum Gasteiger partial charge on any atom is -0.362 e. The van der Waals surface area contributed by atoms with Gasteiger partial charge in [-0.05, 0) is 37.0 Å². The van der Waals surface area contributed by atoms with Gasteiger partial charge in [-0.1, -0.05) is 19.1 Å². The van der Waals surface area contributed by atoms with E-state index in [0.717, 1.165) is 38.3 Å². The Kier molecular flexibility index (Phi) is 3.97. The fourth-order valence-electron chi connectivity index (χ4n) is 3.03. The summed E-state index contributed by atoms with van der Waals surface area (Å²) < 4.78 is 2.24. The smallest absolute Gasteiger partial charge is 0.128 e. The van der Waals surface area contributed by atoms with Crippen molar-refractivity contribution >= 4 is 5.69 Å². The Morgan fingerprint density at radius 2 is 2.19 bits per heavy atom. The average molecular weight is 284 g/mol. The zero-order chi connectivity index (χ0) is 14.8. The molecule has 0 amide bonds. The van der Waals surface area contributed by atoms with Gasteiger partial charge in [-0.25, -0.2) is 4.98 Å². The fourth-order valence-corrected chi connectivity index (χ4v) is 3.03. The van der Waals surface area contributed by atoms with Crippen LogP contribution in [0.25, 0.3) is 0 Å². The lowest BCUT2D eigenvalue weighted by atomic mass is 10.0. The monoisotopic (exact) mass is 284 g/mol. The van der Waals surface area contributed by atoms with Gasteiger partial charge in [-0.2, -0.15) is 0 Å². The maximum absolute atomic E-state index is 6.06. The van der Waals surface area contributed by atoms with Gasteiger partial charge in [0.25, 0.3) is 0 Å². The Labute approximate surface area is 126 Å². The Morgan fingerprint density at radius 3 is 2.95 bits per heavy atom. The molecular weight excluding hydrogens is 260 g/mol. The van der Waals surface area contributed by atoms with E-state index in [0.29, 0.717) is 0 Å². The number of rotatable bonds is 4. The van der Waals surface area contributed by atoms with Crippen LogP contribution in [0.15, 0.2) is 30.6 Å². The SMILES string of the molecule is CCC(N)Cc1ccc(N2CCn3ccnc3C2)c(C)c1. The third-order valence-electron chi connectivity index (χ3n) is 4.37. The molecule has 0 bridgehead atoms. The van der Waals surface area contributed by atoms with Crippen molar-refractivity contribution in [1.29, 1.82) is 0 Å². The van der Waals surface area contributed by atoms with Crippen LogP contribution in [0.2, 0.25) is 0 Å². The lowest BCUT2D eigenvalue weighted by molar-refractivity contribution is 0.559. The second-order valence-electron chi connectivity index (χ2n) is 5.95. The van der Waals surface area contributed by atoms with Crippen LogP contribution >= 0.6 is 0 Å². The fraction of sp³-hybridized carbons (Fsp3) is 0.471. The van der Waals surface area contributed by atoms with Gasteiger partial charge in [0.1, 0.15) is 5.82 Å². The molecule has 1 aromatic heterocycles. The van der Waals surface area contributed by atoms with E-state index in [-0.39, 0.29) is 6.04 Å². The predicted octanol–water partition coefficient (Wildman–Crippen LogP) is 2.49. The Bertz CT molecular complexity index is 617.